The van der Waals surface area contributed by atoms with Crippen molar-refractivity contribution >= 4 is 34.8 Å². The van der Waals surface area contributed by atoms with Gasteiger partial charge in [0, 0.05) is 20.6 Å². The van der Waals surface area contributed by atoms with E-state index in [4.69, 9.17) is 44.3 Å². The Bertz CT molecular complexity index is 207. The molecule has 70 valence electrons. The molecular weight excluding hydrogens is 222 g/mol. The van der Waals surface area contributed by atoms with E-state index in [9.17, 15) is 0 Å². The standard InChI is InChI=1S/C7H9Cl3O2/c1-11-7(12-2)3-4(7)5(8)6(9)10/h4H,3H2,1-2H3/t4-/m1/s1. The van der Waals surface area contributed by atoms with E-state index < -0.39 is 5.79 Å². The Morgan fingerprint density at radius 2 is 1.75 bits per heavy atom. The minimum Gasteiger partial charge on any atom is -0.353 e. The van der Waals surface area contributed by atoms with Crippen LogP contribution in [0.25, 0.3) is 0 Å². The first-order valence-electron chi connectivity index (χ1n) is 3.38. The second-order valence-corrected chi connectivity index (χ2v) is 3.94. The summed E-state index contributed by atoms with van der Waals surface area (Å²) in [7, 11) is 3.13. The molecule has 1 fully saturated rings. The molecule has 12 heavy (non-hydrogen) atoms. The van der Waals surface area contributed by atoms with Gasteiger partial charge in [0.2, 0.25) is 0 Å². The third-order valence-electron chi connectivity index (χ3n) is 2.04. The molecule has 0 amide bonds. The first-order valence-corrected chi connectivity index (χ1v) is 4.51. The van der Waals surface area contributed by atoms with Crippen LogP contribution in [-0.4, -0.2) is 20.0 Å². The largest absolute Gasteiger partial charge is 0.353 e. The van der Waals surface area contributed by atoms with E-state index in [0.717, 1.165) is 0 Å². The summed E-state index contributed by atoms with van der Waals surface area (Å²) in [6, 6.07) is 0. The fourth-order valence-electron chi connectivity index (χ4n) is 1.17. The molecule has 0 aromatic heterocycles. The summed E-state index contributed by atoms with van der Waals surface area (Å²) in [6.45, 7) is 0. The zero-order chi connectivity index (χ0) is 9.35. The van der Waals surface area contributed by atoms with Gasteiger partial charge in [0.15, 0.2) is 5.79 Å². The van der Waals surface area contributed by atoms with Crippen LogP contribution >= 0.6 is 34.8 Å². The van der Waals surface area contributed by atoms with Gasteiger partial charge in [-0.25, -0.2) is 0 Å². The molecule has 2 nitrogen and oxygen atoms in total. The van der Waals surface area contributed by atoms with Crippen LogP contribution in [0, 0.1) is 5.92 Å². The minimum atomic E-state index is -0.605. The second kappa shape index (κ2) is 3.72. The number of hydrogen-bond donors (Lipinski definition) is 0. The van der Waals surface area contributed by atoms with Gasteiger partial charge in [-0.1, -0.05) is 34.8 Å². The highest BCUT2D eigenvalue weighted by atomic mass is 35.5. The van der Waals surface area contributed by atoms with Crippen molar-refractivity contribution in [1.82, 2.24) is 0 Å². The zero-order valence-electron chi connectivity index (χ0n) is 6.73. The van der Waals surface area contributed by atoms with E-state index in [-0.39, 0.29) is 10.4 Å². The molecule has 0 aliphatic heterocycles. The topological polar surface area (TPSA) is 18.5 Å². The lowest BCUT2D eigenvalue weighted by molar-refractivity contribution is -0.135. The molecule has 5 heteroatoms. The SMILES string of the molecule is COC1(OC)C[C@@H]1C(Cl)=C(Cl)Cl. The lowest BCUT2D eigenvalue weighted by Gasteiger charge is -2.12. The summed E-state index contributed by atoms with van der Waals surface area (Å²) in [6.07, 6.45) is 0.696. The van der Waals surface area contributed by atoms with Gasteiger partial charge < -0.3 is 9.47 Å². The Balaban J connectivity index is 2.68. The fraction of sp³-hybridized carbons (Fsp3) is 0.714. The zero-order valence-corrected chi connectivity index (χ0v) is 9.00. The molecule has 0 spiro atoms. The normalized spacial score (nSPS) is 25.2. The number of hydrogen-bond acceptors (Lipinski definition) is 2. The van der Waals surface area contributed by atoms with Crippen LogP contribution in [0.5, 0.6) is 0 Å². The van der Waals surface area contributed by atoms with Crippen molar-refractivity contribution in [3.63, 3.8) is 0 Å². The van der Waals surface area contributed by atoms with Gasteiger partial charge in [0.1, 0.15) is 4.49 Å². The second-order valence-electron chi connectivity index (χ2n) is 2.59. The maximum Gasteiger partial charge on any atom is 0.176 e. The van der Waals surface area contributed by atoms with E-state index in [1.54, 1.807) is 14.2 Å². The molecule has 1 saturated carbocycles. The van der Waals surface area contributed by atoms with E-state index in [1.165, 1.54) is 0 Å². The van der Waals surface area contributed by atoms with Gasteiger partial charge in [-0.15, -0.1) is 0 Å². The van der Waals surface area contributed by atoms with Gasteiger partial charge in [-0.05, 0) is 0 Å². The average Bonchev–Trinajstić information content (AvgIpc) is 2.78. The predicted octanol–water partition coefficient (Wildman–Crippen LogP) is 2.88. The predicted molar refractivity (Wildman–Crippen MR) is 49.4 cm³/mol. The van der Waals surface area contributed by atoms with Crippen LogP contribution in [0.4, 0.5) is 0 Å². The average molecular weight is 232 g/mol. The summed E-state index contributed by atoms with van der Waals surface area (Å²) in [5.74, 6) is -0.634. The minimum absolute atomic E-state index is 0.0285. The quantitative estimate of drug-likeness (QED) is 0.696. The third kappa shape index (κ3) is 1.73. The molecule has 0 aromatic rings. The van der Waals surface area contributed by atoms with Gasteiger partial charge in [0.25, 0.3) is 0 Å². The Morgan fingerprint density at radius 1 is 1.25 bits per heavy atom. The number of ether oxygens (including phenoxy) is 2. The van der Waals surface area contributed by atoms with E-state index in [2.05, 4.69) is 0 Å². The highest BCUT2D eigenvalue weighted by molar-refractivity contribution is 6.59. The van der Waals surface area contributed by atoms with Gasteiger partial charge in [-0.2, -0.15) is 0 Å². The summed E-state index contributed by atoms with van der Waals surface area (Å²) in [5, 5.41) is 0.405. The summed E-state index contributed by atoms with van der Waals surface area (Å²) < 4.78 is 10.3. The van der Waals surface area contributed by atoms with Crippen LogP contribution in [0.15, 0.2) is 9.52 Å². The summed E-state index contributed by atoms with van der Waals surface area (Å²) in [4.78, 5) is 0. The van der Waals surface area contributed by atoms with Crippen LogP contribution in [0.1, 0.15) is 6.42 Å². The molecule has 0 aromatic carbocycles. The lowest BCUT2D eigenvalue weighted by atomic mass is 10.4. The fourth-order valence-corrected chi connectivity index (χ4v) is 1.68. The van der Waals surface area contributed by atoms with Crippen molar-refractivity contribution in [2.45, 2.75) is 12.2 Å². The molecule has 1 rings (SSSR count). The monoisotopic (exact) mass is 230 g/mol. The van der Waals surface area contributed by atoms with Crippen molar-refractivity contribution in [3.05, 3.63) is 9.52 Å². The summed E-state index contributed by atoms with van der Waals surface area (Å²) >= 11 is 16.8. The van der Waals surface area contributed by atoms with Gasteiger partial charge in [0.05, 0.1) is 11.0 Å². The molecule has 0 bridgehead atoms. The van der Waals surface area contributed by atoms with Crippen molar-refractivity contribution in [3.8, 4) is 0 Å². The molecule has 1 atom stereocenters. The first kappa shape index (κ1) is 10.6. The van der Waals surface area contributed by atoms with Crippen LogP contribution in [0.2, 0.25) is 0 Å². The van der Waals surface area contributed by atoms with E-state index in [1.807, 2.05) is 0 Å². The van der Waals surface area contributed by atoms with Gasteiger partial charge >= 0.3 is 0 Å². The van der Waals surface area contributed by atoms with E-state index >= 15 is 0 Å². The number of halogens is 3. The van der Waals surface area contributed by atoms with Crippen LogP contribution < -0.4 is 0 Å². The smallest absolute Gasteiger partial charge is 0.176 e. The number of rotatable bonds is 3. The summed E-state index contributed by atoms with van der Waals surface area (Å²) in [5.41, 5.74) is 0. The third-order valence-corrected chi connectivity index (χ3v) is 3.09. The molecule has 0 heterocycles. The molecular formula is C7H9Cl3O2. The Hall–Kier alpha value is 0.530. The Morgan fingerprint density at radius 3 is 2.00 bits per heavy atom. The van der Waals surface area contributed by atoms with Gasteiger partial charge in [-0.3, -0.25) is 0 Å². The lowest BCUT2D eigenvalue weighted by Crippen LogP contribution is -2.17. The highest BCUT2D eigenvalue weighted by Crippen LogP contribution is 2.54. The molecule has 0 saturated heterocycles. The highest BCUT2D eigenvalue weighted by Gasteiger charge is 2.58. The molecule has 0 unspecified atom stereocenters. The Labute approximate surface area is 86.4 Å². The Kier molecular flexibility index (Phi) is 3.29. The molecule has 0 radical (unpaired) electrons. The van der Waals surface area contributed by atoms with E-state index in [0.29, 0.717) is 11.5 Å². The van der Waals surface area contributed by atoms with Crippen LogP contribution in [0.3, 0.4) is 0 Å². The maximum atomic E-state index is 5.81. The number of methoxy groups -OCH3 is 2. The molecule has 0 N–H and O–H groups in total. The first-order chi connectivity index (χ1) is 5.57. The van der Waals surface area contributed by atoms with Crippen molar-refractivity contribution in [2.24, 2.45) is 5.92 Å². The molecule has 1 aliphatic carbocycles. The van der Waals surface area contributed by atoms with Crippen molar-refractivity contribution < 1.29 is 9.47 Å². The molecule has 1 aliphatic rings. The van der Waals surface area contributed by atoms with Crippen molar-refractivity contribution in [2.75, 3.05) is 14.2 Å². The maximum absolute atomic E-state index is 5.81. The van der Waals surface area contributed by atoms with Crippen molar-refractivity contribution in [1.29, 1.82) is 0 Å². The van der Waals surface area contributed by atoms with Crippen LogP contribution in [-0.2, 0) is 9.47 Å².